The Morgan fingerprint density at radius 2 is 1.86 bits per heavy atom. The summed E-state index contributed by atoms with van der Waals surface area (Å²) in [4.78, 5) is 16.5. The van der Waals surface area contributed by atoms with Crippen LogP contribution >= 0.6 is 23.6 Å². The second-order valence-electron chi connectivity index (χ2n) is 7.85. The van der Waals surface area contributed by atoms with Gasteiger partial charge in [0, 0.05) is 37.9 Å². The molecule has 9 heteroatoms. The molecule has 158 valence electrons. The fraction of sp³-hybridized carbons (Fsp3) is 0.550. The molecule has 3 rings (SSSR count). The van der Waals surface area contributed by atoms with Crippen molar-refractivity contribution >= 4 is 40.3 Å². The van der Waals surface area contributed by atoms with Crippen LogP contribution in [0.3, 0.4) is 0 Å². The molecule has 0 spiro atoms. The molecule has 1 aromatic carbocycles. The second kappa shape index (κ2) is 9.80. The standard InChI is InChI=1S/C20H30N6OS2/c1-14(2)21-18(27)12-24-7-9-25(10-8-24)13-26-20(28)29-19(23-26)22-17-6-5-15(3)16(4)11-17/h5-6,11,14H,7-10,12-13H2,1-4H3,(H,21,27)(H,22,23). The number of rotatable bonds is 7. The number of aromatic nitrogens is 2. The fourth-order valence-corrected chi connectivity index (χ4v) is 4.25. The molecule has 0 radical (unpaired) electrons. The molecule has 7 nitrogen and oxygen atoms in total. The van der Waals surface area contributed by atoms with Crippen LogP contribution in [0.5, 0.6) is 0 Å². The highest BCUT2D eigenvalue weighted by molar-refractivity contribution is 7.73. The summed E-state index contributed by atoms with van der Waals surface area (Å²) in [6.45, 7) is 12.9. The maximum atomic E-state index is 11.9. The number of amides is 1. The Balaban J connectivity index is 1.52. The van der Waals surface area contributed by atoms with E-state index in [1.807, 2.05) is 18.5 Å². The first-order chi connectivity index (χ1) is 13.8. The third kappa shape index (κ3) is 6.33. The van der Waals surface area contributed by atoms with Crippen LogP contribution in [-0.4, -0.2) is 64.3 Å². The lowest BCUT2D eigenvalue weighted by Gasteiger charge is -2.34. The van der Waals surface area contributed by atoms with Gasteiger partial charge in [-0.1, -0.05) is 17.4 Å². The molecule has 1 aliphatic rings. The summed E-state index contributed by atoms with van der Waals surface area (Å²) in [5, 5.41) is 11.8. The van der Waals surface area contributed by atoms with Crippen molar-refractivity contribution in [2.24, 2.45) is 0 Å². The van der Waals surface area contributed by atoms with Gasteiger partial charge in [0.1, 0.15) is 0 Å². The van der Waals surface area contributed by atoms with Gasteiger partial charge in [-0.2, -0.15) is 0 Å². The van der Waals surface area contributed by atoms with Gasteiger partial charge in [0.2, 0.25) is 11.0 Å². The predicted octanol–water partition coefficient (Wildman–Crippen LogP) is 3.13. The van der Waals surface area contributed by atoms with Crippen LogP contribution in [0.25, 0.3) is 0 Å². The smallest absolute Gasteiger partial charge is 0.234 e. The van der Waals surface area contributed by atoms with E-state index in [2.05, 4.69) is 57.6 Å². The summed E-state index contributed by atoms with van der Waals surface area (Å²) in [7, 11) is 0. The molecular weight excluding hydrogens is 404 g/mol. The molecule has 2 aromatic rings. The van der Waals surface area contributed by atoms with Gasteiger partial charge in [0.25, 0.3) is 0 Å². The highest BCUT2D eigenvalue weighted by Crippen LogP contribution is 2.22. The van der Waals surface area contributed by atoms with E-state index in [0.29, 0.717) is 13.2 Å². The Labute approximate surface area is 181 Å². The largest absolute Gasteiger partial charge is 0.353 e. The van der Waals surface area contributed by atoms with E-state index in [9.17, 15) is 4.79 Å². The minimum Gasteiger partial charge on any atom is -0.353 e. The number of hydrogen-bond donors (Lipinski definition) is 2. The van der Waals surface area contributed by atoms with Crippen LogP contribution in [-0.2, 0) is 11.5 Å². The predicted molar refractivity (Wildman–Crippen MR) is 121 cm³/mol. The van der Waals surface area contributed by atoms with Crippen LogP contribution < -0.4 is 10.6 Å². The molecule has 2 heterocycles. The summed E-state index contributed by atoms with van der Waals surface area (Å²) in [5.74, 6) is 0.0947. The first kappa shape index (κ1) is 21.9. The molecule has 1 aromatic heterocycles. The van der Waals surface area contributed by atoms with Gasteiger partial charge >= 0.3 is 0 Å². The van der Waals surface area contributed by atoms with Gasteiger partial charge in [-0.3, -0.25) is 14.6 Å². The number of carbonyl (C=O) groups is 1. The maximum absolute atomic E-state index is 11.9. The van der Waals surface area contributed by atoms with E-state index >= 15 is 0 Å². The second-order valence-corrected chi connectivity index (χ2v) is 9.48. The van der Waals surface area contributed by atoms with Crippen LogP contribution in [0, 0.1) is 17.8 Å². The van der Waals surface area contributed by atoms with Crippen molar-refractivity contribution in [3.05, 3.63) is 33.3 Å². The van der Waals surface area contributed by atoms with Gasteiger partial charge in [-0.15, -0.1) is 5.10 Å². The van der Waals surface area contributed by atoms with E-state index in [1.54, 1.807) is 0 Å². The van der Waals surface area contributed by atoms with Crippen molar-refractivity contribution in [2.45, 2.75) is 40.4 Å². The summed E-state index contributed by atoms with van der Waals surface area (Å²) in [6.07, 6.45) is 0. The Morgan fingerprint density at radius 3 is 2.52 bits per heavy atom. The van der Waals surface area contributed by atoms with Gasteiger partial charge < -0.3 is 10.6 Å². The minimum absolute atomic E-state index is 0.0947. The minimum atomic E-state index is 0.0947. The summed E-state index contributed by atoms with van der Waals surface area (Å²) in [6, 6.07) is 6.47. The van der Waals surface area contributed by atoms with Crippen LogP contribution in [0.2, 0.25) is 0 Å². The molecule has 0 unspecified atom stereocenters. The van der Waals surface area contributed by atoms with Gasteiger partial charge in [0.05, 0.1) is 13.2 Å². The van der Waals surface area contributed by atoms with Crippen LogP contribution in [0.4, 0.5) is 10.8 Å². The van der Waals surface area contributed by atoms with Gasteiger partial charge in [-0.25, -0.2) is 4.68 Å². The molecule has 0 atom stereocenters. The number of carbonyl (C=O) groups excluding carboxylic acids is 1. The first-order valence-corrected chi connectivity index (χ1v) is 11.2. The van der Waals surface area contributed by atoms with Crippen LogP contribution in [0.15, 0.2) is 18.2 Å². The maximum Gasteiger partial charge on any atom is 0.234 e. The van der Waals surface area contributed by atoms with Crippen molar-refractivity contribution in [1.82, 2.24) is 24.9 Å². The lowest BCUT2D eigenvalue weighted by Crippen LogP contribution is -2.50. The van der Waals surface area contributed by atoms with Crippen molar-refractivity contribution < 1.29 is 4.79 Å². The molecule has 0 saturated carbocycles. The molecule has 0 bridgehead atoms. The number of piperazine rings is 1. The van der Waals surface area contributed by atoms with Crippen LogP contribution in [0.1, 0.15) is 25.0 Å². The Kier molecular flexibility index (Phi) is 7.39. The number of hydrogen-bond acceptors (Lipinski definition) is 7. The number of nitrogens with zero attached hydrogens (tertiary/aromatic N) is 4. The molecule has 1 fully saturated rings. The monoisotopic (exact) mass is 434 g/mol. The summed E-state index contributed by atoms with van der Waals surface area (Å²) >= 11 is 7.00. The lowest BCUT2D eigenvalue weighted by molar-refractivity contribution is -0.123. The molecule has 2 N–H and O–H groups in total. The van der Waals surface area contributed by atoms with E-state index in [4.69, 9.17) is 12.2 Å². The molecule has 1 saturated heterocycles. The Morgan fingerprint density at radius 1 is 1.17 bits per heavy atom. The van der Waals surface area contributed by atoms with E-state index in [0.717, 1.165) is 41.0 Å². The van der Waals surface area contributed by atoms with Crippen molar-refractivity contribution in [1.29, 1.82) is 0 Å². The molecule has 0 aliphatic carbocycles. The zero-order chi connectivity index (χ0) is 21.0. The number of nitrogens with one attached hydrogen (secondary N) is 2. The van der Waals surface area contributed by atoms with Gasteiger partial charge in [0.15, 0.2) is 3.95 Å². The highest BCUT2D eigenvalue weighted by atomic mass is 32.1. The topological polar surface area (TPSA) is 65.4 Å². The van der Waals surface area contributed by atoms with E-state index < -0.39 is 0 Å². The zero-order valence-electron chi connectivity index (χ0n) is 17.6. The van der Waals surface area contributed by atoms with Crippen molar-refractivity contribution in [3.8, 4) is 0 Å². The zero-order valence-corrected chi connectivity index (χ0v) is 19.2. The normalized spacial score (nSPS) is 15.6. The molecule has 1 aliphatic heterocycles. The quantitative estimate of drug-likeness (QED) is 0.653. The van der Waals surface area contributed by atoms with E-state index in [1.165, 1.54) is 22.5 Å². The van der Waals surface area contributed by atoms with Crippen molar-refractivity contribution in [2.75, 3.05) is 38.0 Å². The lowest BCUT2D eigenvalue weighted by atomic mass is 10.1. The molecular formula is C20H30N6OS2. The summed E-state index contributed by atoms with van der Waals surface area (Å²) < 4.78 is 2.64. The fourth-order valence-electron chi connectivity index (χ4n) is 3.24. The third-order valence-electron chi connectivity index (χ3n) is 4.98. The van der Waals surface area contributed by atoms with Crippen molar-refractivity contribution in [3.63, 3.8) is 0 Å². The SMILES string of the molecule is Cc1ccc(Nc2nn(CN3CCN(CC(=O)NC(C)C)CC3)c(=S)s2)cc1C. The number of benzene rings is 1. The average Bonchev–Trinajstić information content (AvgIpc) is 2.98. The third-order valence-corrected chi connectivity index (χ3v) is 6.20. The van der Waals surface area contributed by atoms with E-state index in [-0.39, 0.29) is 11.9 Å². The molecule has 1 amide bonds. The van der Waals surface area contributed by atoms with Gasteiger partial charge in [-0.05, 0) is 63.2 Å². The molecule has 29 heavy (non-hydrogen) atoms. The number of anilines is 2. The summed E-state index contributed by atoms with van der Waals surface area (Å²) in [5.41, 5.74) is 3.55. The number of aryl methyl sites for hydroxylation is 2. The highest BCUT2D eigenvalue weighted by Gasteiger charge is 2.20. The Hall–Kier alpha value is -1.81. The Bertz CT molecular complexity index is 899. The average molecular weight is 435 g/mol. The first-order valence-electron chi connectivity index (χ1n) is 9.96.